The number of carbonyl (C=O) groups is 1. The number of hydrogen-bond acceptors (Lipinski definition) is 2. The molecule has 1 aliphatic heterocycles. The Morgan fingerprint density at radius 1 is 1.45 bits per heavy atom. The predicted octanol–water partition coefficient (Wildman–Crippen LogP) is 2.43. The van der Waals surface area contributed by atoms with Crippen LogP contribution >= 0.6 is 0 Å². The van der Waals surface area contributed by atoms with Crippen molar-refractivity contribution in [3.8, 4) is 0 Å². The van der Waals surface area contributed by atoms with Gasteiger partial charge in [-0.25, -0.2) is 8.78 Å². The Balaban J connectivity index is 2.07. The molecule has 1 aliphatic rings. The number of nitrogens with one attached hydrogen (secondary N) is 1. The highest BCUT2D eigenvalue weighted by Crippen LogP contribution is 2.16. The van der Waals surface area contributed by atoms with Gasteiger partial charge in [0.25, 0.3) is 5.91 Å². The average molecular weight is 282 g/mol. The maximum atomic E-state index is 13.7. The minimum atomic E-state index is -0.796. The highest BCUT2D eigenvalue weighted by atomic mass is 19.1. The van der Waals surface area contributed by atoms with Gasteiger partial charge in [-0.1, -0.05) is 0 Å². The lowest BCUT2D eigenvalue weighted by Crippen LogP contribution is -2.41. The van der Waals surface area contributed by atoms with Crippen molar-refractivity contribution < 1.29 is 13.6 Å². The summed E-state index contributed by atoms with van der Waals surface area (Å²) >= 11 is 0. The topological polar surface area (TPSA) is 32.3 Å². The molecule has 20 heavy (non-hydrogen) atoms. The third-order valence-electron chi connectivity index (χ3n) is 3.71. The fraction of sp³-hybridized carbons (Fsp3) is 0.533. The molecule has 0 radical (unpaired) electrons. The van der Waals surface area contributed by atoms with E-state index in [1.54, 1.807) is 4.90 Å². The Bertz CT molecular complexity index is 473. The molecule has 1 amide bonds. The first-order chi connectivity index (χ1) is 9.61. The van der Waals surface area contributed by atoms with Gasteiger partial charge in [0.2, 0.25) is 0 Å². The van der Waals surface area contributed by atoms with E-state index in [0.717, 1.165) is 38.1 Å². The van der Waals surface area contributed by atoms with Gasteiger partial charge in [-0.15, -0.1) is 0 Å². The number of rotatable bonds is 4. The second-order valence-corrected chi connectivity index (χ2v) is 5.18. The average Bonchev–Trinajstić information content (AvgIpc) is 2.45. The Kier molecular flexibility index (Phi) is 5.06. The Hall–Kier alpha value is -1.49. The molecule has 3 nitrogen and oxygen atoms in total. The normalized spacial score (nSPS) is 18.9. The molecule has 0 bridgehead atoms. The number of nitrogens with zero attached hydrogens (tertiary/aromatic N) is 1. The zero-order valence-corrected chi connectivity index (χ0v) is 11.7. The van der Waals surface area contributed by atoms with E-state index in [1.807, 2.05) is 6.92 Å². The van der Waals surface area contributed by atoms with Crippen LogP contribution in [0.1, 0.15) is 30.1 Å². The lowest BCUT2D eigenvalue weighted by Gasteiger charge is -2.29. The van der Waals surface area contributed by atoms with Gasteiger partial charge in [0.1, 0.15) is 11.6 Å². The van der Waals surface area contributed by atoms with Crippen LogP contribution < -0.4 is 5.32 Å². The van der Waals surface area contributed by atoms with Crippen molar-refractivity contribution >= 4 is 5.91 Å². The first-order valence-electron chi connectivity index (χ1n) is 7.07. The maximum absolute atomic E-state index is 13.7. The summed E-state index contributed by atoms with van der Waals surface area (Å²) in [6.45, 7) is 4.90. The first-order valence-corrected chi connectivity index (χ1v) is 7.07. The molecular weight excluding hydrogens is 262 g/mol. The molecule has 0 spiro atoms. The highest BCUT2D eigenvalue weighted by Gasteiger charge is 2.22. The minimum absolute atomic E-state index is 0.0583. The number of halogens is 2. The van der Waals surface area contributed by atoms with Crippen molar-refractivity contribution in [3.05, 3.63) is 35.4 Å². The molecule has 1 heterocycles. The Labute approximate surface area is 118 Å². The summed E-state index contributed by atoms with van der Waals surface area (Å²) in [6.07, 6.45) is 2.17. The first kappa shape index (κ1) is 14.9. The SMILES string of the molecule is CCN(CC1CCCNC1)C(=O)c1ccc(F)cc1F. The van der Waals surface area contributed by atoms with E-state index in [-0.39, 0.29) is 11.5 Å². The van der Waals surface area contributed by atoms with E-state index >= 15 is 0 Å². The van der Waals surface area contributed by atoms with Crippen LogP contribution in [0.15, 0.2) is 18.2 Å². The van der Waals surface area contributed by atoms with Crippen molar-refractivity contribution in [3.63, 3.8) is 0 Å². The second-order valence-electron chi connectivity index (χ2n) is 5.18. The number of amides is 1. The van der Waals surface area contributed by atoms with E-state index in [0.29, 0.717) is 19.0 Å². The highest BCUT2D eigenvalue weighted by molar-refractivity contribution is 5.94. The van der Waals surface area contributed by atoms with Crippen LogP contribution in [0.3, 0.4) is 0 Å². The van der Waals surface area contributed by atoms with Crippen LogP contribution in [0.4, 0.5) is 8.78 Å². The van der Waals surface area contributed by atoms with Crippen molar-refractivity contribution in [2.75, 3.05) is 26.2 Å². The van der Waals surface area contributed by atoms with Gasteiger partial charge in [-0.05, 0) is 50.9 Å². The van der Waals surface area contributed by atoms with Crippen LogP contribution in [0.25, 0.3) is 0 Å². The molecule has 5 heteroatoms. The summed E-state index contributed by atoms with van der Waals surface area (Å²) in [6, 6.07) is 3.09. The number of piperidine rings is 1. The summed E-state index contributed by atoms with van der Waals surface area (Å²) < 4.78 is 26.6. The van der Waals surface area contributed by atoms with E-state index in [4.69, 9.17) is 0 Å². The molecule has 1 aromatic rings. The summed E-state index contributed by atoms with van der Waals surface area (Å²) in [4.78, 5) is 14.0. The van der Waals surface area contributed by atoms with E-state index in [9.17, 15) is 13.6 Å². The van der Waals surface area contributed by atoms with Gasteiger partial charge < -0.3 is 10.2 Å². The van der Waals surface area contributed by atoms with E-state index in [2.05, 4.69) is 5.32 Å². The van der Waals surface area contributed by atoms with Gasteiger partial charge in [-0.3, -0.25) is 4.79 Å². The monoisotopic (exact) mass is 282 g/mol. The Morgan fingerprint density at radius 3 is 2.85 bits per heavy atom. The molecular formula is C15H20F2N2O. The van der Waals surface area contributed by atoms with Crippen LogP contribution in [0.5, 0.6) is 0 Å². The molecule has 1 fully saturated rings. The summed E-state index contributed by atoms with van der Waals surface area (Å²) in [7, 11) is 0. The van der Waals surface area contributed by atoms with Crippen LogP contribution in [-0.4, -0.2) is 37.0 Å². The fourth-order valence-electron chi connectivity index (χ4n) is 2.58. The largest absolute Gasteiger partial charge is 0.339 e. The van der Waals surface area contributed by atoms with Crippen molar-refractivity contribution in [1.29, 1.82) is 0 Å². The second kappa shape index (κ2) is 6.79. The molecule has 2 rings (SSSR count). The lowest BCUT2D eigenvalue weighted by atomic mass is 9.98. The van der Waals surface area contributed by atoms with Crippen molar-refractivity contribution in [1.82, 2.24) is 10.2 Å². The van der Waals surface area contributed by atoms with Crippen LogP contribution in [-0.2, 0) is 0 Å². The van der Waals surface area contributed by atoms with Gasteiger partial charge >= 0.3 is 0 Å². The van der Waals surface area contributed by atoms with Crippen LogP contribution in [0, 0.1) is 17.6 Å². The quantitative estimate of drug-likeness (QED) is 0.920. The third kappa shape index (κ3) is 3.54. The van der Waals surface area contributed by atoms with Crippen LogP contribution in [0.2, 0.25) is 0 Å². The molecule has 1 atom stereocenters. The smallest absolute Gasteiger partial charge is 0.256 e. The maximum Gasteiger partial charge on any atom is 0.256 e. The zero-order chi connectivity index (χ0) is 14.5. The predicted molar refractivity (Wildman–Crippen MR) is 73.5 cm³/mol. The zero-order valence-electron chi connectivity index (χ0n) is 11.7. The molecule has 110 valence electrons. The minimum Gasteiger partial charge on any atom is -0.339 e. The van der Waals surface area contributed by atoms with Gasteiger partial charge in [0, 0.05) is 19.2 Å². The summed E-state index contributed by atoms with van der Waals surface area (Å²) in [5, 5.41) is 3.30. The summed E-state index contributed by atoms with van der Waals surface area (Å²) in [5.41, 5.74) is -0.0583. The molecule has 1 saturated heterocycles. The van der Waals surface area contributed by atoms with Gasteiger partial charge in [0.05, 0.1) is 5.56 Å². The van der Waals surface area contributed by atoms with E-state index in [1.165, 1.54) is 6.07 Å². The third-order valence-corrected chi connectivity index (χ3v) is 3.71. The lowest BCUT2D eigenvalue weighted by molar-refractivity contribution is 0.0724. The van der Waals surface area contributed by atoms with Gasteiger partial charge in [0.15, 0.2) is 0 Å². The molecule has 0 saturated carbocycles. The molecule has 1 aromatic carbocycles. The molecule has 1 unspecified atom stereocenters. The number of hydrogen-bond donors (Lipinski definition) is 1. The standard InChI is InChI=1S/C15H20F2N2O/c1-2-19(10-11-4-3-7-18-9-11)15(20)13-6-5-12(16)8-14(13)17/h5-6,8,11,18H,2-4,7,9-10H2,1H3. The van der Waals surface area contributed by atoms with Gasteiger partial charge in [-0.2, -0.15) is 0 Å². The molecule has 0 aromatic heterocycles. The summed E-state index contributed by atoms with van der Waals surface area (Å²) in [5.74, 6) is -1.43. The number of benzene rings is 1. The Morgan fingerprint density at radius 2 is 2.25 bits per heavy atom. The fourth-order valence-corrected chi connectivity index (χ4v) is 2.58. The van der Waals surface area contributed by atoms with Crippen molar-refractivity contribution in [2.24, 2.45) is 5.92 Å². The molecule has 0 aliphatic carbocycles. The van der Waals surface area contributed by atoms with Crippen molar-refractivity contribution in [2.45, 2.75) is 19.8 Å². The number of carbonyl (C=O) groups excluding carboxylic acids is 1. The molecule has 1 N–H and O–H groups in total. The van der Waals surface area contributed by atoms with E-state index < -0.39 is 11.6 Å².